The first-order valence-corrected chi connectivity index (χ1v) is 8.46. The largest absolute Gasteiger partial charge is 0.491 e. The molecule has 132 valence electrons. The van der Waals surface area contributed by atoms with Gasteiger partial charge in [0.25, 0.3) is 0 Å². The van der Waals surface area contributed by atoms with Gasteiger partial charge in [0.1, 0.15) is 12.4 Å². The van der Waals surface area contributed by atoms with E-state index in [2.05, 4.69) is 12.1 Å². The van der Waals surface area contributed by atoms with Crippen molar-refractivity contribution in [3.63, 3.8) is 0 Å². The number of likely N-dealkylation sites (tertiary alicyclic amines) is 1. The van der Waals surface area contributed by atoms with Gasteiger partial charge in [-0.25, -0.2) is 0 Å². The van der Waals surface area contributed by atoms with Gasteiger partial charge in [0, 0.05) is 20.2 Å². The van der Waals surface area contributed by atoms with Gasteiger partial charge < -0.3 is 19.3 Å². The molecule has 0 atom stereocenters. The van der Waals surface area contributed by atoms with Gasteiger partial charge >= 0.3 is 5.97 Å². The van der Waals surface area contributed by atoms with E-state index < -0.39 is 5.97 Å². The van der Waals surface area contributed by atoms with Crippen LogP contribution in [0.1, 0.15) is 24.0 Å². The number of fused-ring (bicyclic) bond motifs is 2. The molecule has 3 rings (SSSR count). The zero-order valence-corrected chi connectivity index (χ0v) is 14.1. The number of aliphatic carboxylic acids is 1. The molecule has 6 nitrogen and oxygen atoms in total. The normalized spacial score (nSPS) is 19.9. The van der Waals surface area contributed by atoms with E-state index in [1.54, 1.807) is 7.11 Å². The summed E-state index contributed by atoms with van der Waals surface area (Å²) < 4.78 is 16.9. The van der Waals surface area contributed by atoms with Crippen molar-refractivity contribution in [3.8, 4) is 5.75 Å². The zero-order valence-electron chi connectivity index (χ0n) is 14.1. The second kappa shape index (κ2) is 7.51. The van der Waals surface area contributed by atoms with E-state index in [1.807, 2.05) is 11.0 Å². The van der Waals surface area contributed by atoms with Crippen LogP contribution >= 0.6 is 0 Å². The zero-order chi connectivity index (χ0) is 17.0. The van der Waals surface area contributed by atoms with Crippen LogP contribution < -0.4 is 4.74 Å². The molecule has 1 saturated heterocycles. The minimum atomic E-state index is -0.770. The maximum atomic E-state index is 10.9. The predicted molar refractivity (Wildman–Crippen MR) is 88.5 cm³/mol. The van der Waals surface area contributed by atoms with Crippen molar-refractivity contribution in [2.24, 2.45) is 0 Å². The summed E-state index contributed by atoms with van der Waals surface area (Å²) in [7, 11) is 1.66. The molecule has 1 aromatic rings. The Balaban J connectivity index is 1.71. The van der Waals surface area contributed by atoms with Crippen molar-refractivity contribution in [2.75, 3.05) is 46.6 Å². The highest BCUT2D eigenvalue weighted by atomic mass is 16.5. The molecule has 0 radical (unpaired) electrons. The summed E-state index contributed by atoms with van der Waals surface area (Å²) in [6.45, 7) is 3.42. The summed E-state index contributed by atoms with van der Waals surface area (Å²) in [5.41, 5.74) is 2.25. The van der Waals surface area contributed by atoms with Crippen molar-refractivity contribution >= 4 is 5.97 Å². The SMILES string of the molecule is COCCOc1ccc2c(c1)CCOC21CCN(CC(=O)O)CC1. The molecule has 0 unspecified atom stereocenters. The number of piperidine rings is 1. The third-order valence-electron chi connectivity index (χ3n) is 4.90. The molecule has 6 heteroatoms. The van der Waals surface area contributed by atoms with Crippen LogP contribution in [0.3, 0.4) is 0 Å². The van der Waals surface area contributed by atoms with E-state index >= 15 is 0 Å². The van der Waals surface area contributed by atoms with E-state index in [-0.39, 0.29) is 12.1 Å². The van der Waals surface area contributed by atoms with Gasteiger partial charge in [-0.1, -0.05) is 6.07 Å². The molecule has 1 aromatic carbocycles. The quantitative estimate of drug-likeness (QED) is 0.798. The molecule has 1 fully saturated rings. The summed E-state index contributed by atoms with van der Waals surface area (Å²) in [6, 6.07) is 6.22. The van der Waals surface area contributed by atoms with Crippen LogP contribution in [0.25, 0.3) is 0 Å². The molecule has 2 aliphatic rings. The number of carboxylic acids is 1. The number of methoxy groups -OCH3 is 1. The van der Waals surface area contributed by atoms with Crippen molar-refractivity contribution in [2.45, 2.75) is 24.9 Å². The van der Waals surface area contributed by atoms with E-state index in [0.717, 1.165) is 38.1 Å². The molecule has 24 heavy (non-hydrogen) atoms. The highest BCUT2D eigenvalue weighted by Crippen LogP contribution is 2.42. The summed E-state index contributed by atoms with van der Waals surface area (Å²) >= 11 is 0. The number of hydrogen-bond acceptors (Lipinski definition) is 5. The summed E-state index contributed by atoms with van der Waals surface area (Å²) in [5, 5.41) is 8.95. The molecule has 0 aromatic heterocycles. The van der Waals surface area contributed by atoms with Crippen LogP contribution in [0.15, 0.2) is 18.2 Å². The van der Waals surface area contributed by atoms with Crippen LogP contribution in [0.4, 0.5) is 0 Å². The van der Waals surface area contributed by atoms with E-state index in [9.17, 15) is 4.79 Å². The second-order valence-corrected chi connectivity index (χ2v) is 6.42. The third-order valence-corrected chi connectivity index (χ3v) is 4.90. The number of rotatable bonds is 6. The average Bonchev–Trinajstić information content (AvgIpc) is 2.57. The van der Waals surface area contributed by atoms with Crippen molar-refractivity contribution in [1.82, 2.24) is 4.90 Å². The number of ether oxygens (including phenoxy) is 3. The number of carboxylic acid groups (broad SMARTS) is 1. The topological polar surface area (TPSA) is 68.2 Å². The molecular formula is C18H25NO5. The lowest BCUT2D eigenvalue weighted by Gasteiger charge is -2.44. The molecule has 1 N–H and O–H groups in total. The highest BCUT2D eigenvalue weighted by molar-refractivity contribution is 5.69. The Labute approximate surface area is 142 Å². The maximum absolute atomic E-state index is 10.9. The minimum Gasteiger partial charge on any atom is -0.491 e. The minimum absolute atomic E-state index is 0.106. The average molecular weight is 335 g/mol. The van der Waals surface area contributed by atoms with Crippen LogP contribution in [0.2, 0.25) is 0 Å². The lowest BCUT2D eigenvalue weighted by molar-refractivity contribution is -0.141. The van der Waals surface area contributed by atoms with Crippen LogP contribution in [0, 0.1) is 0 Å². The Hall–Kier alpha value is -1.63. The van der Waals surface area contributed by atoms with E-state index in [1.165, 1.54) is 11.1 Å². The van der Waals surface area contributed by atoms with E-state index in [0.29, 0.717) is 19.8 Å². The maximum Gasteiger partial charge on any atom is 0.317 e. The van der Waals surface area contributed by atoms with Gasteiger partial charge in [-0.15, -0.1) is 0 Å². The Morgan fingerprint density at radius 2 is 2.12 bits per heavy atom. The summed E-state index contributed by atoms with van der Waals surface area (Å²) in [4.78, 5) is 12.9. The fourth-order valence-corrected chi connectivity index (χ4v) is 3.67. The number of nitrogens with zero attached hydrogens (tertiary/aromatic N) is 1. The van der Waals surface area contributed by atoms with Crippen LogP contribution in [0.5, 0.6) is 5.75 Å². The van der Waals surface area contributed by atoms with Gasteiger partial charge in [-0.2, -0.15) is 0 Å². The summed E-state index contributed by atoms with van der Waals surface area (Å²) in [5.74, 6) is 0.0972. The van der Waals surface area contributed by atoms with E-state index in [4.69, 9.17) is 19.3 Å². The molecule has 1 spiro atoms. The molecule has 2 aliphatic heterocycles. The summed E-state index contributed by atoms with van der Waals surface area (Å²) in [6.07, 6.45) is 2.55. The lowest BCUT2D eigenvalue weighted by Crippen LogP contribution is -2.47. The van der Waals surface area contributed by atoms with Crippen LogP contribution in [-0.2, 0) is 26.3 Å². The van der Waals surface area contributed by atoms with Gasteiger partial charge in [0.2, 0.25) is 0 Å². The number of benzene rings is 1. The standard InChI is InChI=1S/C18H25NO5/c1-22-10-11-23-15-2-3-16-14(12-15)4-9-24-18(16)5-7-19(8-6-18)13-17(20)21/h2-3,12H,4-11,13H2,1H3,(H,20,21). The Morgan fingerprint density at radius 1 is 1.33 bits per heavy atom. The fourth-order valence-electron chi connectivity index (χ4n) is 3.67. The smallest absolute Gasteiger partial charge is 0.317 e. The first-order valence-electron chi connectivity index (χ1n) is 8.46. The highest BCUT2D eigenvalue weighted by Gasteiger charge is 2.41. The first-order chi connectivity index (χ1) is 11.6. The van der Waals surface area contributed by atoms with Crippen LogP contribution in [-0.4, -0.2) is 62.5 Å². The monoisotopic (exact) mass is 335 g/mol. The molecule has 0 saturated carbocycles. The van der Waals surface area contributed by atoms with Crippen molar-refractivity contribution in [1.29, 1.82) is 0 Å². The first kappa shape index (κ1) is 17.2. The van der Waals surface area contributed by atoms with Gasteiger partial charge in [-0.05, 0) is 42.5 Å². The second-order valence-electron chi connectivity index (χ2n) is 6.42. The fraction of sp³-hybridized carbons (Fsp3) is 0.611. The molecular weight excluding hydrogens is 310 g/mol. The van der Waals surface area contributed by atoms with Crippen molar-refractivity contribution < 1.29 is 24.1 Å². The van der Waals surface area contributed by atoms with Gasteiger partial charge in [-0.3, -0.25) is 9.69 Å². The third kappa shape index (κ3) is 3.71. The predicted octanol–water partition coefficient (Wildman–Crippen LogP) is 1.66. The van der Waals surface area contributed by atoms with Crippen molar-refractivity contribution in [3.05, 3.63) is 29.3 Å². The molecule has 0 aliphatic carbocycles. The Kier molecular flexibility index (Phi) is 5.38. The lowest BCUT2D eigenvalue weighted by atomic mass is 9.79. The Bertz CT molecular complexity index is 581. The molecule has 0 amide bonds. The number of hydrogen-bond donors (Lipinski definition) is 1. The molecule has 0 bridgehead atoms. The van der Waals surface area contributed by atoms with Gasteiger partial charge in [0.15, 0.2) is 0 Å². The Morgan fingerprint density at radius 3 is 2.83 bits per heavy atom. The van der Waals surface area contributed by atoms with Gasteiger partial charge in [0.05, 0.1) is 25.4 Å². The number of carbonyl (C=O) groups is 1. The molecule has 2 heterocycles.